The molecule has 5 nitrogen and oxygen atoms in total. The third kappa shape index (κ3) is 4.66. The van der Waals surface area contributed by atoms with Gasteiger partial charge in [0.05, 0.1) is 19.3 Å². The Labute approximate surface area is 127 Å². The molecule has 3 atom stereocenters. The van der Waals surface area contributed by atoms with Gasteiger partial charge in [-0.15, -0.1) is 0 Å². The summed E-state index contributed by atoms with van der Waals surface area (Å²) in [6.07, 6.45) is 6.33. The monoisotopic (exact) mass is 298 g/mol. The fraction of sp³-hybridized carbons (Fsp3) is 0.938. The van der Waals surface area contributed by atoms with Crippen LogP contribution in [0.15, 0.2) is 0 Å². The predicted molar refractivity (Wildman–Crippen MR) is 81.7 cm³/mol. The van der Waals surface area contributed by atoms with Gasteiger partial charge in [-0.05, 0) is 38.0 Å². The molecule has 2 rings (SSSR count). The molecular formula is C16H30N2O3. The van der Waals surface area contributed by atoms with Gasteiger partial charge in [0.1, 0.15) is 0 Å². The summed E-state index contributed by atoms with van der Waals surface area (Å²) in [7, 11) is 0. The number of carbonyl (C=O) groups excluding carboxylic acids is 1. The first-order valence-corrected chi connectivity index (χ1v) is 8.38. The number of hydrogen-bond acceptors (Lipinski definition) is 4. The van der Waals surface area contributed by atoms with Gasteiger partial charge in [0, 0.05) is 25.0 Å². The third-order valence-corrected chi connectivity index (χ3v) is 5.05. The van der Waals surface area contributed by atoms with Gasteiger partial charge in [-0.1, -0.05) is 13.3 Å². The number of rotatable bonds is 5. The first-order valence-electron chi connectivity index (χ1n) is 8.38. The number of ether oxygens (including phenoxy) is 1. The molecule has 0 radical (unpaired) electrons. The van der Waals surface area contributed by atoms with Crippen molar-refractivity contribution in [1.82, 2.24) is 4.90 Å². The fourth-order valence-electron chi connectivity index (χ4n) is 3.67. The van der Waals surface area contributed by atoms with Crippen LogP contribution in [0.2, 0.25) is 0 Å². The van der Waals surface area contributed by atoms with E-state index in [0.29, 0.717) is 12.5 Å². The number of piperidine rings is 1. The molecule has 5 heteroatoms. The third-order valence-electron chi connectivity index (χ3n) is 5.05. The topological polar surface area (TPSA) is 75.8 Å². The van der Waals surface area contributed by atoms with Gasteiger partial charge >= 0.3 is 0 Å². The number of amides is 1. The van der Waals surface area contributed by atoms with Gasteiger partial charge in [-0.25, -0.2) is 0 Å². The van der Waals surface area contributed by atoms with Crippen molar-refractivity contribution in [3.05, 3.63) is 0 Å². The second kappa shape index (κ2) is 8.11. The minimum Gasteiger partial charge on any atom is -0.394 e. The second-order valence-electron chi connectivity index (χ2n) is 6.59. The normalized spacial score (nSPS) is 29.4. The van der Waals surface area contributed by atoms with E-state index >= 15 is 0 Å². The van der Waals surface area contributed by atoms with E-state index < -0.39 is 0 Å². The molecule has 2 aliphatic rings. The minimum absolute atomic E-state index is 0.0676. The Balaban J connectivity index is 1.78. The Bertz CT molecular complexity index is 329. The van der Waals surface area contributed by atoms with E-state index in [0.717, 1.165) is 51.6 Å². The highest BCUT2D eigenvalue weighted by atomic mass is 16.5. The van der Waals surface area contributed by atoms with E-state index in [2.05, 4.69) is 6.92 Å². The molecular weight excluding hydrogens is 268 g/mol. The summed E-state index contributed by atoms with van der Waals surface area (Å²) in [5.41, 5.74) is 6.04. The second-order valence-corrected chi connectivity index (χ2v) is 6.59. The molecule has 0 bridgehead atoms. The van der Waals surface area contributed by atoms with Gasteiger partial charge in [0.25, 0.3) is 0 Å². The Kier molecular flexibility index (Phi) is 6.45. The Hall–Kier alpha value is -0.650. The minimum atomic E-state index is 0.0676. The van der Waals surface area contributed by atoms with Crippen molar-refractivity contribution in [2.24, 2.45) is 17.6 Å². The van der Waals surface area contributed by atoms with Crippen LogP contribution in [0.1, 0.15) is 45.4 Å². The number of nitrogens with zero attached hydrogens (tertiary/aromatic N) is 1. The van der Waals surface area contributed by atoms with E-state index in [1.54, 1.807) is 0 Å². The average molecular weight is 298 g/mol. The first-order chi connectivity index (χ1) is 10.1. The summed E-state index contributed by atoms with van der Waals surface area (Å²) < 4.78 is 5.55. The smallest absolute Gasteiger partial charge is 0.225 e. The molecule has 0 aromatic rings. The molecule has 3 unspecified atom stereocenters. The summed E-state index contributed by atoms with van der Waals surface area (Å²) >= 11 is 0. The van der Waals surface area contributed by atoms with Crippen LogP contribution in [0.5, 0.6) is 0 Å². The maximum Gasteiger partial charge on any atom is 0.225 e. The summed E-state index contributed by atoms with van der Waals surface area (Å²) in [5, 5.41) is 8.78. The fourth-order valence-corrected chi connectivity index (χ4v) is 3.67. The Morgan fingerprint density at radius 1 is 1.33 bits per heavy atom. The number of nitrogens with two attached hydrogens (primary N) is 1. The molecule has 122 valence electrons. The van der Waals surface area contributed by atoms with Crippen molar-refractivity contribution in [2.75, 3.05) is 26.3 Å². The van der Waals surface area contributed by atoms with Crippen molar-refractivity contribution in [1.29, 1.82) is 0 Å². The number of likely N-dealkylation sites (tertiary alicyclic amines) is 1. The highest BCUT2D eigenvalue weighted by Crippen LogP contribution is 2.31. The van der Waals surface area contributed by atoms with Gasteiger partial charge < -0.3 is 20.5 Å². The zero-order valence-electron chi connectivity index (χ0n) is 13.2. The lowest BCUT2D eigenvalue weighted by molar-refractivity contribution is -0.140. The van der Waals surface area contributed by atoms with E-state index in [9.17, 15) is 4.79 Å². The van der Waals surface area contributed by atoms with Crippen molar-refractivity contribution in [3.63, 3.8) is 0 Å². The van der Waals surface area contributed by atoms with E-state index in [1.165, 1.54) is 0 Å². The average Bonchev–Trinajstić information content (AvgIpc) is 2.52. The molecule has 1 saturated heterocycles. The zero-order chi connectivity index (χ0) is 15.2. The van der Waals surface area contributed by atoms with E-state index in [4.69, 9.17) is 15.6 Å². The molecule has 2 fully saturated rings. The molecule has 0 aromatic carbocycles. The predicted octanol–water partition coefficient (Wildman–Crippen LogP) is 1.14. The van der Waals surface area contributed by atoms with Crippen LogP contribution in [-0.4, -0.2) is 54.4 Å². The van der Waals surface area contributed by atoms with Gasteiger partial charge in [0.2, 0.25) is 5.91 Å². The van der Waals surface area contributed by atoms with Crippen LogP contribution >= 0.6 is 0 Å². The molecule has 1 aliphatic carbocycles. The maximum atomic E-state index is 12.6. The van der Waals surface area contributed by atoms with E-state index in [-0.39, 0.29) is 30.6 Å². The zero-order valence-corrected chi connectivity index (χ0v) is 13.2. The highest BCUT2D eigenvalue weighted by Gasteiger charge is 2.32. The number of carbonyl (C=O) groups is 1. The summed E-state index contributed by atoms with van der Waals surface area (Å²) in [6.45, 7) is 4.09. The lowest BCUT2D eigenvalue weighted by Gasteiger charge is -2.37. The van der Waals surface area contributed by atoms with Crippen LogP contribution in [0.4, 0.5) is 0 Å². The number of aliphatic hydroxyl groups is 1. The first kappa shape index (κ1) is 16.7. The molecule has 1 aliphatic heterocycles. The molecule has 1 heterocycles. The number of aliphatic hydroxyl groups excluding tert-OH is 1. The van der Waals surface area contributed by atoms with Gasteiger partial charge in [-0.2, -0.15) is 0 Å². The van der Waals surface area contributed by atoms with Crippen LogP contribution in [0.25, 0.3) is 0 Å². The van der Waals surface area contributed by atoms with Crippen molar-refractivity contribution in [2.45, 2.75) is 57.6 Å². The van der Waals surface area contributed by atoms with Gasteiger partial charge in [-0.3, -0.25) is 4.79 Å². The lowest BCUT2D eigenvalue weighted by Crippen LogP contribution is -2.45. The highest BCUT2D eigenvalue weighted by molar-refractivity contribution is 5.78. The van der Waals surface area contributed by atoms with Crippen molar-refractivity contribution < 1.29 is 14.6 Å². The summed E-state index contributed by atoms with van der Waals surface area (Å²) in [5.74, 6) is 0.825. The lowest BCUT2D eigenvalue weighted by atomic mass is 9.78. The van der Waals surface area contributed by atoms with E-state index in [1.807, 2.05) is 4.90 Å². The van der Waals surface area contributed by atoms with Crippen LogP contribution in [-0.2, 0) is 9.53 Å². The quantitative estimate of drug-likeness (QED) is 0.798. The standard InChI is InChI=1S/C16H30N2O3/c1-12(13-3-2-4-14(17)11-13)16(20)18-7-5-15(6-8-18)21-10-9-19/h12-15,19H,2-11,17H2,1H3. The van der Waals surface area contributed by atoms with Crippen LogP contribution < -0.4 is 5.73 Å². The largest absolute Gasteiger partial charge is 0.394 e. The Morgan fingerprint density at radius 2 is 2.05 bits per heavy atom. The Morgan fingerprint density at radius 3 is 2.67 bits per heavy atom. The SMILES string of the molecule is CC(C(=O)N1CCC(OCCO)CC1)C1CCCC(N)C1. The molecule has 3 N–H and O–H groups in total. The van der Waals surface area contributed by atoms with Gasteiger partial charge in [0.15, 0.2) is 0 Å². The van der Waals surface area contributed by atoms with Crippen molar-refractivity contribution in [3.8, 4) is 0 Å². The van der Waals surface area contributed by atoms with Crippen molar-refractivity contribution >= 4 is 5.91 Å². The summed E-state index contributed by atoms with van der Waals surface area (Å²) in [4.78, 5) is 14.6. The molecule has 0 aromatic heterocycles. The summed E-state index contributed by atoms with van der Waals surface area (Å²) in [6, 6.07) is 0.275. The maximum absolute atomic E-state index is 12.6. The van der Waals surface area contributed by atoms with Crippen LogP contribution in [0, 0.1) is 11.8 Å². The number of hydrogen-bond donors (Lipinski definition) is 2. The molecule has 1 saturated carbocycles. The van der Waals surface area contributed by atoms with Crippen LogP contribution in [0.3, 0.4) is 0 Å². The molecule has 1 amide bonds. The molecule has 21 heavy (non-hydrogen) atoms. The molecule has 0 spiro atoms.